The first kappa shape index (κ1) is 16.6. The summed E-state index contributed by atoms with van der Waals surface area (Å²) in [6, 6.07) is 3.89. The first-order valence-corrected chi connectivity index (χ1v) is 8.39. The number of carbonyl (C=O) groups excluding carboxylic acids is 1. The Morgan fingerprint density at radius 3 is 2.88 bits per heavy atom. The Balaban J connectivity index is 1.54. The number of fused-ring (bicyclic) bond motifs is 1. The van der Waals surface area contributed by atoms with E-state index in [2.05, 4.69) is 25.5 Å². The zero-order chi connectivity index (χ0) is 16.9. The molecule has 1 amide bonds. The van der Waals surface area contributed by atoms with Gasteiger partial charge < -0.3 is 15.0 Å². The number of hydrogen-bond donors (Lipinski definition) is 1. The molecule has 3 heterocycles. The van der Waals surface area contributed by atoms with Crippen molar-refractivity contribution in [3.8, 4) is 0 Å². The van der Waals surface area contributed by atoms with Gasteiger partial charge in [0, 0.05) is 39.3 Å². The number of methoxy groups -OCH3 is 1. The molecule has 0 saturated carbocycles. The smallest absolute Gasteiger partial charge is 0.223 e. The third-order valence-electron chi connectivity index (χ3n) is 4.42. The monoisotopic (exact) mass is 332 g/mol. The van der Waals surface area contributed by atoms with Crippen molar-refractivity contribution < 1.29 is 9.53 Å². The highest BCUT2D eigenvalue weighted by atomic mass is 16.5. The fourth-order valence-electron chi connectivity index (χ4n) is 3.00. The molecule has 0 atom stereocenters. The summed E-state index contributed by atoms with van der Waals surface area (Å²) in [6.07, 6.45) is 2.54. The van der Waals surface area contributed by atoms with Crippen LogP contribution < -0.4 is 10.2 Å². The van der Waals surface area contributed by atoms with Crippen LogP contribution in [0.4, 0.5) is 5.82 Å². The first-order chi connectivity index (χ1) is 11.7. The summed E-state index contributed by atoms with van der Waals surface area (Å²) in [5.41, 5.74) is 0.751. The molecule has 8 heteroatoms. The molecule has 0 bridgehead atoms. The van der Waals surface area contributed by atoms with Crippen LogP contribution in [0.1, 0.15) is 25.1 Å². The molecule has 0 spiro atoms. The minimum absolute atomic E-state index is 0.0872. The Kier molecular flexibility index (Phi) is 5.24. The number of hydrogen-bond acceptors (Lipinski definition) is 6. The van der Waals surface area contributed by atoms with Crippen LogP contribution in [0.3, 0.4) is 0 Å². The molecule has 1 aliphatic rings. The molecule has 24 heavy (non-hydrogen) atoms. The number of rotatable bonds is 6. The van der Waals surface area contributed by atoms with Crippen molar-refractivity contribution in [1.82, 2.24) is 25.1 Å². The van der Waals surface area contributed by atoms with Crippen LogP contribution in [-0.2, 0) is 9.53 Å². The van der Waals surface area contributed by atoms with Crippen molar-refractivity contribution in [3.63, 3.8) is 0 Å². The molecule has 130 valence electrons. The third kappa shape index (κ3) is 3.64. The van der Waals surface area contributed by atoms with Crippen LogP contribution in [0.5, 0.6) is 0 Å². The summed E-state index contributed by atoms with van der Waals surface area (Å²) in [4.78, 5) is 14.4. The average molecular weight is 332 g/mol. The average Bonchev–Trinajstić information content (AvgIpc) is 2.99. The van der Waals surface area contributed by atoms with Crippen molar-refractivity contribution in [1.29, 1.82) is 0 Å². The van der Waals surface area contributed by atoms with Crippen LogP contribution >= 0.6 is 0 Å². The van der Waals surface area contributed by atoms with Gasteiger partial charge in [-0.1, -0.05) is 0 Å². The molecular formula is C16H24N6O2. The standard InChI is InChI=1S/C16H24N6O2/c1-12-18-19-14-4-5-15(20-22(12)14)21-9-6-13(7-10-21)16(23)17-8-3-11-24-2/h4-5,13H,3,6-11H2,1-2H3,(H,17,23). The van der Waals surface area contributed by atoms with E-state index in [1.54, 1.807) is 11.6 Å². The second-order valence-corrected chi connectivity index (χ2v) is 6.11. The Bertz CT molecular complexity index is 693. The van der Waals surface area contributed by atoms with Crippen molar-refractivity contribution in [2.24, 2.45) is 5.92 Å². The fraction of sp³-hybridized carbons (Fsp3) is 0.625. The largest absolute Gasteiger partial charge is 0.385 e. The highest BCUT2D eigenvalue weighted by Gasteiger charge is 2.25. The van der Waals surface area contributed by atoms with Gasteiger partial charge in [-0.05, 0) is 38.3 Å². The van der Waals surface area contributed by atoms with Gasteiger partial charge in [0.05, 0.1) is 0 Å². The number of amides is 1. The van der Waals surface area contributed by atoms with E-state index < -0.39 is 0 Å². The number of carbonyl (C=O) groups is 1. The molecule has 1 saturated heterocycles. The molecule has 1 fully saturated rings. The normalized spacial score (nSPS) is 15.8. The van der Waals surface area contributed by atoms with Crippen molar-refractivity contribution >= 4 is 17.4 Å². The lowest BCUT2D eigenvalue weighted by Crippen LogP contribution is -2.41. The van der Waals surface area contributed by atoms with E-state index in [9.17, 15) is 4.79 Å². The van der Waals surface area contributed by atoms with Gasteiger partial charge in [0.1, 0.15) is 5.82 Å². The second kappa shape index (κ2) is 7.57. The minimum Gasteiger partial charge on any atom is -0.385 e. The molecule has 1 aliphatic heterocycles. The Labute approximate surface area is 141 Å². The van der Waals surface area contributed by atoms with Crippen molar-refractivity contribution in [2.45, 2.75) is 26.2 Å². The van der Waals surface area contributed by atoms with Crippen LogP contribution in [-0.4, -0.2) is 59.1 Å². The van der Waals surface area contributed by atoms with E-state index in [-0.39, 0.29) is 11.8 Å². The number of piperidine rings is 1. The van der Waals surface area contributed by atoms with Crippen LogP contribution in [0.2, 0.25) is 0 Å². The maximum absolute atomic E-state index is 12.2. The topological polar surface area (TPSA) is 84.6 Å². The molecule has 0 aromatic carbocycles. The van der Waals surface area contributed by atoms with Gasteiger partial charge in [-0.2, -0.15) is 4.52 Å². The van der Waals surface area contributed by atoms with E-state index >= 15 is 0 Å². The summed E-state index contributed by atoms with van der Waals surface area (Å²) >= 11 is 0. The summed E-state index contributed by atoms with van der Waals surface area (Å²) in [5, 5.41) is 15.7. The number of aryl methyl sites for hydroxylation is 1. The highest BCUT2D eigenvalue weighted by molar-refractivity contribution is 5.78. The number of aromatic nitrogens is 4. The number of nitrogens with one attached hydrogen (secondary N) is 1. The summed E-state index contributed by atoms with van der Waals surface area (Å²) in [6.45, 7) is 4.90. The summed E-state index contributed by atoms with van der Waals surface area (Å²) in [7, 11) is 1.67. The van der Waals surface area contributed by atoms with Gasteiger partial charge in [0.15, 0.2) is 11.5 Å². The van der Waals surface area contributed by atoms with Gasteiger partial charge >= 0.3 is 0 Å². The fourth-order valence-corrected chi connectivity index (χ4v) is 3.00. The molecule has 8 nitrogen and oxygen atoms in total. The van der Waals surface area contributed by atoms with Gasteiger partial charge in [0.25, 0.3) is 0 Å². The molecule has 3 rings (SSSR count). The van der Waals surface area contributed by atoms with Gasteiger partial charge in [-0.25, -0.2) is 0 Å². The number of anilines is 1. The first-order valence-electron chi connectivity index (χ1n) is 8.39. The predicted molar refractivity (Wildman–Crippen MR) is 90.0 cm³/mol. The van der Waals surface area contributed by atoms with E-state index in [0.29, 0.717) is 13.2 Å². The van der Waals surface area contributed by atoms with Crippen molar-refractivity contribution in [3.05, 3.63) is 18.0 Å². The van der Waals surface area contributed by atoms with E-state index in [1.807, 2.05) is 19.1 Å². The Morgan fingerprint density at radius 2 is 2.12 bits per heavy atom. The van der Waals surface area contributed by atoms with Gasteiger partial charge in [-0.15, -0.1) is 15.3 Å². The highest BCUT2D eigenvalue weighted by Crippen LogP contribution is 2.22. The van der Waals surface area contributed by atoms with Gasteiger partial charge in [0.2, 0.25) is 5.91 Å². The molecule has 1 N–H and O–H groups in total. The molecular weight excluding hydrogens is 308 g/mol. The van der Waals surface area contributed by atoms with E-state index in [0.717, 1.165) is 49.6 Å². The lowest BCUT2D eigenvalue weighted by atomic mass is 9.96. The minimum atomic E-state index is 0.0872. The number of ether oxygens (including phenoxy) is 1. The van der Waals surface area contributed by atoms with E-state index in [4.69, 9.17) is 4.74 Å². The molecule has 0 unspecified atom stereocenters. The SMILES string of the molecule is COCCCNC(=O)C1CCN(c2ccc3nnc(C)n3n2)CC1. The molecule has 2 aromatic heterocycles. The van der Waals surface area contributed by atoms with E-state index in [1.165, 1.54) is 0 Å². The number of nitrogens with zero attached hydrogens (tertiary/aromatic N) is 5. The maximum atomic E-state index is 12.2. The third-order valence-corrected chi connectivity index (χ3v) is 4.42. The van der Waals surface area contributed by atoms with Crippen LogP contribution in [0.25, 0.3) is 5.65 Å². The molecule has 0 radical (unpaired) electrons. The predicted octanol–water partition coefficient (Wildman–Crippen LogP) is 0.802. The summed E-state index contributed by atoms with van der Waals surface area (Å²) in [5.74, 6) is 1.93. The zero-order valence-electron chi connectivity index (χ0n) is 14.2. The van der Waals surface area contributed by atoms with Crippen molar-refractivity contribution in [2.75, 3.05) is 38.3 Å². The Morgan fingerprint density at radius 1 is 1.33 bits per heavy atom. The Hall–Kier alpha value is -2.22. The molecule has 0 aliphatic carbocycles. The molecule has 2 aromatic rings. The van der Waals surface area contributed by atoms with Crippen LogP contribution in [0.15, 0.2) is 12.1 Å². The van der Waals surface area contributed by atoms with Crippen LogP contribution in [0, 0.1) is 12.8 Å². The summed E-state index contributed by atoms with van der Waals surface area (Å²) < 4.78 is 6.74. The lowest BCUT2D eigenvalue weighted by molar-refractivity contribution is -0.125. The second-order valence-electron chi connectivity index (χ2n) is 6.11. The quantitative estimate of drug-likeness (QED) is 0.788. The zero-order valence-corrected chi connectivity index (χ0v) is 14.2. The maximum Gasteiger partial charge on any atom is 0.223 e. The van der Waals surface area contributed by atoms with Gasteiger partial charge in [-0.3, -0.25) is 4.79 Å². The lowest BCUT2D eigenvalue weighted by Gasteiger charge is -2.32.